The molecule has 116 valence electrons. The van der Waals surface area contributed by atoms with E-state index in [9.17, 15) is 22.8 Å². The highest BCUT2D eigenvalue weighted by Crippen LogP contribution is 2.31. The monoisotopic (exact) mass is 298 g/mol. The van der Waals surface area contributed by atoms with E-state index in [1.807, 2.05) is 0 Å². The van der Waals surface area contributed by atoms with Gasteiger partial charge in [-0.1, -0.05) is 6.92 Å². The van der Waals surface area contributed by atoms with Crippen LogP contribution in [0.15, 0.2) is 0 Å². The first-order chi connectivity index (χ1) is 9.13. The number of alkyl halides is 3. The molecule has 0 radical (unpaired) electrons. The molecule has 0 bridgehead atoms. The zero-order valence-electron chi connectivity index (χ0n) is 11.1. The van der Waals surface area contributed by atoms with E-state index in [0.717, 1.165) is 0 Å². The molecule has 1 amide bonds. The van der Waals surface area contributed by atoms with Gasteiger partial charge in [-0.3, -0.25) is 4.79 Å². The number of carbonyl (C=O) groups is 2. The normalized spacial score (nSPS) is 26.1. The number of hydrogen-bond donors (Lipinski definition) is 3. The number of aliphatic carboxylic acids is 1. The Morgan fingerprint density at radius 2 is 1.95 bits per heavy atom. The number of nitrogens with one attached hydrogen (secondary N) is 2. The Hall–Kier alpha value is -1.35. The van der Waals surface area contributed by atoms with Crippen LogP contribution in [-0.2, 0) is 14.3 Å². The van der Waals surface area contributed by atoms with E-state index in [4.69, 9.17) is 9.84 Å². The Morgan fingerprint density at radius 1 is 1.35 bits per heavy atom. The van der Waals surface area contributed by atoms with Gasteiger partial charge in [-0.2, -0.15) is 13.2 Å². The van der Waals surface area contributed by atoms with E-state index in [-0.39, 0.29) is 13.2 Å². The van der Waals surface area contributed by atoms with E-state index in [1.54, 1.807) is 12.2 Å². The standard InChI is InChI=1S/C11H17F3N2O4/c1-3-15-7-5-20-4-6(7)8(17)16-10(2,9(18)19)11(12,13)14/h6-7,15H,3-5H2,1-2H3,(H,16,17)(H,18,19). The predicted molar refractivity (Wildman–Crippen MR) is 62.0 cm³/mol. The molecule has 6 nitrogen and oxygen atoms in total. The van der Waals surface area contributed by atoms with Gasteiger partial charge >= 0.3 is 12.1 Å². The summed E-state index contributed by atoms with van der Waals surface area (Å²) >= 11 is 0. The molecule has 1 rings (SSSR count). The van der Waals surface area contributed by atoms with E-state index >= 15 is 0 Å². The zero-order valence-corrected chi connectivity index (χ0v) is 11.1. The van der Waals surface area contributed by atoms with Gasteiger partial charge in [0.25, 0.3) is 0 Å². The van der Waals surface area contributed by atoms with E-state index in [2.05, 4.69) is 5.32 Å². The molecule has 0 aliphatic carbocycles. The second-order valence-corrected chi connectivity index (χ2v) is 4.73. The highest BCUT2D eigenvalue weighted by molar-refractivity contribution is 5.89. The van der Waals surface area contributed by atoms with Crippen LogP contribution < -0.4 is 10.6 Å². The van der Waals surface area contributed by atoms with Gasteiger partial charge in [-0.25, -0.2) is 4.79 Å². The van der Waals surface area contributed by atoms with Crippen LogP contribution in [0.25, 0.3) is 0 Å². The second kappa shape index (κ2) is 5.96. The van der Waals surface area contributed by atoms with Crippen molar-refractivity contribution in [1.82, 2.24) is 10.6 Å². The average molecular weight is 298 g/mol. The van der Waals surface area contributed by atoms with Crippen LogP contribution in [0.2, 0.25) is 0 Å². The minimum atomic E-state index is -5.10. The molecule has 0 aromatic carbocycles. The van der Waals surface area contributed by atoms with Crippen LogP contribution >= 0.6 is 0 Å². The van der Waals surface area contributed by atoms with Gasteiger partial charge < -0.3 is 20.5 Å². The van der Waals surface area contributed by atoms with Crippen LogP contribution in [0.4, 0.5) is 13.2 Å². The number of rotatable bonds is 5. The van der Waals surface area contributed by atoms with Crippen molar-refractivity contribution < 1.29 is 32.6 Å². The molecule has 1 aliphatic heterocycles. The molecule has 1 heterocycles. The Kier molecular flexibility index (Phi) is 4.98. The van der Waals surface area contributed by atoms with Gasteiger partial charge in [-0.05, 0) is 13.5 Å². The van der Waals surface area contributed by atoms with E-state index < -0.39 is 35.6 Å². The van der Waals surface area contributed by atoms with Crippen molar-refractivity contribution in [2.45, 2.75) is 31.6 Å². The minimum Gasteiger partial charge on any atom is -0.479 e. The summed E-state index contributed by atoms with van der Waals surface area (Å²) < 4.78 is 43.5. The topological polar surface area (TPSA) is 87.7 Å². The molecule has 1 aliphatic rings. The summed E-state index contributed by atoms with van der Waals surface area (Å²) in [5.41, 5.74) is -3.32. The lowest BCUT2D eigenvalue weighted by molar-refractivity contribution is -0.207. The van der Waals surface area contributed by atoms with Crippen molar-refractivity contribution in [3.05, 3.63) is 0 Å². The third kappa shape index (κ3) is 3.21. The molecular weight excluding hydrogens is 281 g/mol. The number of carboxylic acids is 1. The van der Waals surface area contributed by atoms with Gasteiger partial charge in [0.15, 0.2) is 0 Å². The van der Waals surface area contributed by atoms with Crippen LogP contribution in [0.1, 0.15) is 13.8 Å². The summed E-state index contributed by atoms with van der Waals surface area (Å²) in [7, 11) is 0. The summed E-state index contributed by atoms with van der Waals surface area (Å²) in [6.07, 6.45) is -5.10. The molecule has 0 aromatic rings. The second-order valence-electron chi connectivity index (χ2n) is 4.73. The Labute approximate surface area is 113 Å². The van der Waals surface area contributed by atoms with Crippen LogP contribution in [0.3, 0.4) is 0 Å². The third-order valence-corrected chi connectivity index (χ3v) is 3.25. The number of carbonyl (C=O) groups excluding carboxylic acids is 1. The van der Waals surface area contributed by atoms with E-state index in [1.165, 1.54) is 0 Å². The Bertz CT molecular complexity index is 388. The lowest BCUT2D eigenvalue weighted by Gasteiger charge is -2.30. The maximum atomic E-state index is 12.8. The number of hydrogen-bond acceptors (Lipinski definition) is 4. The van der Waals surface area contributed by atoms with Crippen LogP contribution in [0.5, 0.6) is 0 Å². The van der Waals surface area contributed by atoms with Crippen molar-refractivity contribution >= 4 is 11.9 Å². The number of ether oxygens (including phenoxy) is 1. The molecule has 0 saturated carbocycles. The summed E-state index contributed by atoms with van der Waals surface area (Å²) in [5, 5.41) is 13.2. The van der Waals surface area contributed by atoms with Gasteiger partial charge in [-0.15, -0.1) is 0 Å². The minimum absolute atomic E-state index is 0.0446. The summed E-state index contributed by atoms with van der Waals surface area (Å²) in [6, 6.07) is -0.425. The number of amides is 1. The maximum absolute atomic E-state index is 12.8. The summed E-state index contributed by atoms with van der Waals surface area (Å²) in [5.74, 6) is -4.00. The highest BCUT2D eigenvalue weighted by Gasteiger charge is 2.59. The smallest absolute Gasteiger partial charge is 0.422 e. The molecule has 20 heavy (non-hydrogen) atoms. The van der Waals surface area contributed by atoms with Crippen molar-refractivity contribution in [2.24, 2.45) is 5.92 Å². The quantitative estimate of drug-likeness (QED) is 0.671. The first-order valence-electron chi connectivity index (χ1n) is 6.06. The number of likely N-dealkylation sites (N-methyl/N-ethyl adjacent to an activating group) is 1. The van der Waals surface area contributed by atoms with Gasteiger partial charge in [0.1, 0.15) is 0 Å². The Balaban J connectivity index is 2.85. The van der Waals surface area contributed by atoms with Crippen molar-refractivity contribution in [1.29, 1.82) is 0 Å². The van der Waals surface area contributed by atoms with Crippen molar-refractivity contribution in [3.8, 4) is 0 Å². The zero-order chi connectivity index (χ0) is 15.6. The maximum Gasteiger partial charge on any atom is 0.422 e. The van der Waals surface area contributed by atoms with Crippen molar-refractivity contribution in [2.75, 3.05) is 19.8 Å². The predicted octanol–water partition coefficient (Wildman–Crippen LogP) is 0.133. The number of carboxylic acid groups (broad SMARTS) is 1. The van der Waals surface area contributed by atoms with Gasteiger partial charge in [0.05, 0.1) is 19.1 Å². The van der Waals surface area contributed by atoms with Crippen LogP contribution in [0, 0.1) is 5.92 Å². The lowest BCUT2D eigenvalue weighted by atomic mass is 9.97. The van der Waals surface area contributed by atoms with Crippen molar-refractivity contribution in [3.63, 3.8) is 0 Å². The van der Waals surface area contributed by atoms with Gasteiger partial charge in [0, 0.05) is 6.04 Å². The molecule has 3 N–H and O–H groups in total. The Morgan fingerprint density at radius 3 is 2.40 bits per heavy atom. The fourth-order valence-electron chi connectivity index (χ4n) is 1.86. The molecular formula is C11H17F3N2O4. The summed E-state index contributed by atoms with van der Waals surface area (Å²) in [4.78, 5) is 22.7. The average Bonchev–Trinajstić information content (AvgIpc) is 2.75. The molecule has 9 heteroatoms. The van der Waals surface area contributed by atoms with E-state index in [0.29, 0.717) is 13.5 Å². The SMILES string of the molecule is CCNC1COCC1C(=O)NC(C)(C(=O)O)C(F)(F)F. The fraction of sp³-hybridized carbons (Fsp3) is 0.818. The fourth-order valence-corrected chi connectivity index (χ4v) is 1.86. The third-order valence-electron chi connectivity index (χ3n) is 3.25. The molecule has 0 aromatic heterocycles. The number of halogens is 3. The van der Waals surface area contributed by atoms with Gasteiger partial charge in [0.2, 0.25) is 11.4 Å². The largest absolute Gasteiger partial charge is 0.479 e. The molecule has 1 fully saturated rings. The molecule has 3 atom stereocenters. The summed E-state index contributed by atoms with van der Waals surface area (Å²) in [6.45, 7) is 2.88. The lowest BCUT2D eigenvalue weighted by Crippen LogP contribution is -2.63. The highest BCUT2D eigenvalue weighted by atomic mass is 19.4. The first-order valence-corrected chi connectivity index (χ1v) is 6.06. The molecule has 1 saturated heterocycles. The molecule has 3 unspecified atom stereocenters. The van der Waals surface area contributed by atoms with Crippen LogP contribution in [-0.4, -0.2) is 54.5 Å². The first kappa shape index (κ1) is 16.7. The molecule has 0 spiro atoms.